The molecule has 0 spiro atoms. The second kappa shape index (κ2) is 7.40. The van der Waals surface area contributed by atoms with Crippen molar-refractivity contribution in [3.63, 3.8) is 0 Å². The van der Waals surface area contributed by atoms with Gasteiger partial charge in [0.15, 0.2) is 5.82 Å². The van der Waals surface area contributed by atoms with Crippen molar-refractivity contribution in [2.45, 2.75) is 37.1 Å². The van der Waals surface area contributed by atoms with E-state index < -0.39 is 0 Å². The summed E-state index contributed by atoms with van der Waals surface area (Å²) in [6, 6.07) is 6.97. The highest BCUT2D eigenvalue weighted by atomic mass is 35.5. The standard InChI is InChI=1S/C18H23FN4O.ClH/c1-23-10-9-20-12-15(23)16-21-17(24-22-16)18(7-2-3-8-18)13-5-4-6-14(19)11-13;/h4-6,11,15,20H,2-3,7-10,12H2,1H3;1H. The van der Waals surface area contributed by atoms with E-state index in [1.54, 1.807) is 12.1 Å². The van der Waals surface area contributed by atoms with E-state index in [2.05, 4.69) is 22.4 Å². The molecule has 2 heterocycles. The summed E-state index contributed by atoms with van der Waals surface area (Å²) in [5.41, 5.74) is 0.610. The molecule has 2 aromatic rings. The Kier molecular flexibility index (Phi) is 5.41. The van der Waals surface area contributed by atoms with Crippen LogP contribution in [-0.4, -0.2) is 41.7 Å². The van der Waals surface area contributed by atoms with Crippen LogP contribution in [0.4, 0.5) is 4.39 Å². The molecule has 4 rings (SSSR count). The van der Waals surface area contributed by atoms with Crippen molar-refractivity contribution in [3.05, 3.63) is 47.4 Å². The van der Waals surface area contributed by atoms with Crippen LogP contribution in [0.1, 0.15) is 49.0 Å². The van der Waals surface area contributed by atoms with E-state index in [0.717, 1.165) is 56.7 Å². The number of aromatic nitrogens is 2. The first kappa shape index (κ1) is 18.3. The molecule has 0 radical (unpaired) electrons. The molecule has 5 nitrogen and oxygen atoms in total. The highest BCUT2D eigenvalue weighted by Crippen LogP contribution is 2.46. The third kappa shape index (κ3) is 3.30. The Morgan fingerprint density at radius 1 is 1.32 bits per heavy atom. The van der Waals surface area contributed by atoms with Crippen LogP contribution in [0.5, 0.6) is 0 Å². The lowest BCUT2D eigenvalue weighted by Crippen LogP contribution is -2.44. The third-order valence-electron chi connectivity index (χ3n) is 5.49. The Hall–Kier alpha value is -1.50. The molecule has 2 fully saturated rings. The number of piperazine rings is 1. The van der Waals surface area contributed by atoms with Gasteiger partial charge in [-0.25, -0.2) is 4.39 Å². The molecule has 0 bridgehead atoms. The highest BCUT2D eigenvalue weighted by Gasteiger charge is 2.43. The first-order valence-corrected chi connectivity index (χ1v) is 8.70. The molecule has 2 aliphatic rings. The van der Waals surface area contributed by atoms with Gasteiger partial charge in [0.2, 0.25) is 5.89 Å². The summed E-state index contributed by atoms with van der Waals surface area (Å²) in [6.45, 7) is 2.76. The zero-order valence-corrected chi connectivity index (χ0v) is 15.2. The van der Waals surface area contributed by atoms with Gasteiger partial charge in [-0.15, -0.1) is 12.4 Å². The number of halogens is 2. The van der Waals surface area contributed by atoms with Gasteiger partial charge in [-0.05, 0) is 37.6 Å². The predicted molar refractivity (Wildman–Crippen MR) is 95.4 cm³/mol. The van der Waals surface area contributed by atoms with Crippen LogP contribution in [0.3, 0.4) is 0 Å². The fourth-order valence-electron chi connectivity index (χ4n) is 4.05. The normalized spacial score (nSPS) is 23.4. The summed E-state index contributed by atoms with van der Waals surface area (Å²) >= 11 is 0. The number of rotatable bonds is 3. The molecule has 1 saturated carbocycles. The molecule has 1 aromatic carbocycles. The topological polar surface area (TPSA) is 54.2 Å². The van der Waals surface area contributed by atoms with Crippen LogP contribution in [0.2, 0.25) is 0 Å². The maximum atomic E-state index is 13.8. The maximum Gasteiger partial charge on any atom is 0.237 e. The van der Waals surface area contributed by atoms with Crippen molar-refractivity contribution in [2.75, 3.05) is 26.7 Å². The van der Waals surface area contributed by atoms with Gasteiger partial charge < -0.3 is 9.84 Å². The van der Waals surface area contributed by atoms with Crippen LogP contribution in [0.25, 0.3) is 0 Å². The second-order valence-corrected chi connectivity index (χ2v) is 6.96. The zero-order chi connectivity index (χ0) is 16.6. The van der Waals surface area contributed by atoms with Gasteiger partial charge in [0.05, 0.1) is 11.5 Å². The summed E-state index contributed by atoms with van der Waals surface area (Å²) in [4.78, 5) is 7.01. The molecular formula is C18H24ClFN4O. The number of hydrogen-bond donors (Lipinski definition) is 1. The Balaban J connectivity index is 0.00000182. The fraction of sp³-hybridized carbons (Fsp3) is 0.556. The van der Waals surface area contributed by atoms with E-state index in [1.165, 1.54) is 6.07 Å². The van der Waals surface area contributed by atoms with E-state index in [4.69, 9.17) is 9.51 Å². The van der Waals surface area contributed by atoms with Gasteiger partial charge >= 0.3 is 0 Å². The molecule has 1 aromatic heterocycles. The van der Waals surface area contributed by atoms with Crippen molar-refractivity contribution in [2.24, 2.45) is 0 Å². The molecule has 1 aliphatic heterocycles. The lowest BCUT2D eigenvalue weighted by Gasteiger charge is -2.30. The SMILES string of the molecule is CN1CCNCC1c1noc(C2(c3cccc(F)c3)CCCC2)n1.Cl. The Labute approximate surface area is 153 Å². The van der Waals surface area contributed by atoms with Gasteiger partial charge in [-0.2, -0.15) is 4.98 Å². The Bertz CT molecular complexity index is 717. The molecule has 1 atom stereocenters. The van der Waals surface area contributed by atoms with E-state index in [0.29, 0.717) is 5.89 Å². The zero-order valence-electron chi connectivity index (χ0n) is 14.4. The number of hydrogen-bond acceptors (Lipinski definition) is 5. The summed E-state index contributed by atoms with van der Waals surface area (Å²) in [6.07, 6.45) is 4.05. The number of nitrogens with one attached hydrogen (secondary N) is 1. The van der Waals surface area contributed by atoms with Crippen LogP contribution >= 0.6 is 12.4 Å². The van der Waals surface area contributed by atoms with Crippen molar-refractivity contribution in [3.8, 4) is 0 Å². The van der Waals surface area contributed by atoms with E-state index in [9.17, 15) is 4.39 Å². The largest absolute Gasteiger partial charge is 0.338 e. The van der Waals surface area contributed by atoms with E-state index in [-0.39, 0.29) is 29.7 Å². The third-order valence-corrected chi connectivity index (χ3v) is 5.49. The fourth-order valence-corrected chi connectivity index (χ4v) is 4.05. The lowest BCUT2D eigenvalue weighted by atomic mass is 9.78. The monoisotopic (exact) mass is 366 g/mol. The van der Waals surface area contributed by atoms with E-state index >= 15 is 0 Å². The predicted octanol–water partition coefficient (Wildman–Crippen LogP) is 3.07. The van der Waals surface area contributed by atoms with Crippen molar-refractivity contribution in [1.29, 1.82) is 0 Å². The lowest BCUT2D eigenvalue weighted by molar-refractivity contribution is 0.190. The van der Waals surface area contributed by atoms with E-state index in [1.807, 2.05) is 6.07 Å². The number of nitrogens with zero attached hydrogens (tertiary/aromatic N) is 3. The van der Waals surface area contributed by atoms with Gasteiger partial charge in [0.25, 0.3) is 0 Å². The summed E-state index contributed by atoms with van der Waals surface area (Å²) in [7, 11) is 2.08. The second-order valence-electron chi connectivity index (χ2n) is 6.96. The molecule has 1 N–H and O–H groups in total. The van der Waals surface area contributed by atoms with Crippen LogP contribution < -0.4 is 5.32 Å². The molecule has 136 valence electrons. The molecule has 0 amide bonds. The molecular weight excluding hydrogens is 343 g/mol. The van der Waals surface area contributed by atoms with Gasteiger partial charge in [0, 0.05) is 19.6 Å². The van der Waals surface area contributed by atoms with Gasteiger partial charge in [-0.3, -0.25) is 4.90 Å². The average molecular weight is 367 g/mol. The first-order valence-electron chi connectivity index (χ1n) is 8.70. The molecule has 1 saturated heterocycles. The smallest absolute Gasteiger partial charge is 0.237 e. The Morgan fingerprint density at radius 3 is 2.84 bits per heavy atom. The number of likely N-dealkylation sites (N-methyl/N-ethyl adjacent to an activating group) is 1. The molecule has 7 heteroatoms. The first-order chi connectivity index (χ1) is 11.7. The minimum Gasteiger partial charge on any atom is -0.338 e. The maximum absolute atomic E-state index is 13.8. The van der Waals surface area contributed by atoms with Crippen LogP contribution in [0, 0.1) is 5.82 Å². The summed E-state index contributed by atoms with van der Waals surface area (Å²) in [5.74, 6) is 1.15. The molecule has 1 aliphatic carbocycles. The average Bonchev–Trinajstić information content (AvgIpc) is 3.25. The van der Waals surface area contributed by atoms with Crippen LogP contribution in [0.15, 0.2) is 28.8 Å². The minimum absolute atomic E-state index is 0. The molecule has 25 heavy (non-hydrogen) atoms. The number of benzene rings is 1. The summed E-state index contributed by atoms with van der Waals surface area (Å²) < 4.78 is 19.5. The van der Waals surface area contributed by atoms with Gasteiger partial charge in [-0.1, -0.05) is 30.1 Å². The van der Waals surface area contributed by atoms with Crippen molar-refractivity contribution >= 4 is 12.4 Å². The van der Waals surface area contributed by atoms with Gasteiger partial charge in [0.1, 0.15) is 5.82 Å². The van der Waals surface area contributed by atoms with Crippen molar-refractivity contribution in [1.82, 2.24) is 20.4 Å². The van der Waals surface area contributed by atoms with Crippen LogP contribution in [-0.2, 0) is 5.41 Å². The molecule has 1 unspecified atom stereocenters. The highest BCUT2D eigenvalue weighted by molar-refractivity contribution is 5.85. The van der Waals surface area contributed by atoms with Crippen molar-refractivity contribution < 1.29 is 8.91 Å². The minimum atomic E-state index is -0.339. The summed E-state index contributed by atoms with van der Waals surface area (Å²) in [5, 5.41) is 7.64. The Morgan fingerprint density at radius 2 is 2.12 bits per heavy atom. The quantitative estimate of drug-likeness (QED) is 0.904.